The van der Waals surface area contributed by atoms with Crippen molar-refractivity contribution in [1.82, 2.24) is 5.32 Å². The van der Waals surface area contributed by atoms with Gasteiger partial charge in [0, 0.05) is 6.54 Å². The lowest BCUT2D eigenvalue weighted by Gasteiger charge is -2.36. The van der Waals surface area contributed by atoms with Crippen LogP contribution in [0.25, 0.3) is 0 Å². The predicted molar refractivity (Wildman–Crippen MR) is 58.0 cm³/mol. The Labute approximate surface area is 95.2 Å². The predicted octanol–water partition coefficient (Wildman–Crippen LogP) is 0.640. The summed E-state index contributed by atoms with van der Waals surface area (Å²) in [6.07, 6.45) is 0.920. The first-order valence-corrected chi connectivity index (χ1v) is 5.43. The van der Waals surface area contributed by atoms with E-state index < -0.39 is 17.3 Å². The van der Waals surface area contributed by atoms with Gasteiger partial charge < -0.3 is 15.2 Å². The quantitative estimate of drug-likeness (QED) is 0.678. The van der Waals surface area contributed by atoms with Crippen LogP contribution < -0.4 is 5.32 Å². The van der Waals surface area contributed by atoms with Crippen molar-refractivity contribution in [2.75, 3.05) is 19.8 Å². The second kappa shape index (κ2) is 4.41. The summed E-state index contributed by atoms with van der Waals surface area (Å²) in [4.78, 5) is 22.8. The average molecular weight is 229 g/mol. The maximum Gasteiger partial charge on any atom is 0.324 e. The van der Waals surface area contributed by atoms with E-state index in [4.69, 9.17) is 9.84 Å². The highest BCUT2D eigenvalue weighted by atomic mass is 16.5. The summed E-state index contributed by atoms with van der Waals surface area (Å²) >= 11 is 0. The van der Waals surface area contributed by atoms with Crippen LogP contribution in [-0.2, 0) is 14.3 Å². The van der Waals surface area contributed by atoms with E-state index in [1.165, 1.54) is 0 Å². The van der Waals surface area contributed by atoms with Gasteiger partial charge in [-0.1, -0.05) is 20.8 Å². The van der Waals surface area contributed by atoms with Crippen molar-refractivity contribution in [3.8, 4) is 0 Å². The van der Waals surface area contributed by atoms with Crippen molar-refractivity contribution < 1.29 is 19.4 Å². The second-order valence-corrected chi connectivity index (χ2v) is 5.08. The minimum Gasteiger partial charge on any atom is -0.480 e. The molecule has 1 rings (SSSR count). The molecule has 0 aromatic carbocycles. The molecule has 0 spiro atoms. The van der Waals surface area contributed by atoms with E-state index in [-0.39, 0.29) is 18.6 Å². The highest BCUT2D eigenvalue weighted by Gasteiger charge is 2.53. The number of rotatable bonds is 5. The van der Waals surface area contributed by atoms with E-state index in [2.05, 4.69) is 5.32 Å². The molecule has 0 atom stereocenters. The molecule has 0 aromatic rings. The molecule has 5 nitrogen and oxygen atoms in total. The van der Waals surface area contributed by atoms with Crippen molar-refractivity contribution >= 4 is 11.9 Å². The molecule has 1 heterocycles. The molecule has 0 aromatic heterocycles. The maximum absolute atomic E-state index is 11.8. The molecule has 0 unspecified atom stereocenters. The largest absolute Gasteiger partial charge is 0.480 e. The lowest BCUT2D eigenvalue weighted by Crippen LogP contribution is -2.59. The molecule has 0 saturated carbocycles. The Hall–Kier alpha value is -1.10. The summed E-state index contributed by atoms with van der Waals surface area (Å²) in [5.41, 5.74) is -1.37. The molecule has 1 aliphatic heterocycles. The Kier molecular flexibility index (Phi) is 3.57. The number of carboxylic acid groups (broad SMARTS) is 1. The molecule has 0 bridgehead atoms. The fourth-order valence-electron chi connectivity index (χ4n) is 1.27. The van der Waals surface area contributed by atoms with Crippen LogP contribution in [0.3, 0.4) is 0 Å². The number of carbonyl (C=O) groups is 2. The third-order valence-electron chi connectivity index (χ3n) is 3.23. The van der Waals surface area contributed by atoms with Crippen LogP contribution in [-0.4, -0.2) is 36.7 Å². The van der Waals surface area contributed by atoms with Crippen molar-refractivity contribution in [3.05, 3.63) is 0 Å². The summed E-state index contributed by atoms with van der Waals surface area (Å²) in [6, 6.07) is 0. The van der Waals surface area contributed by atoms with Crippen LogP contribution in [0.5, 0.6) is 0 Å². The average Bonchev–Trinajstić information content (AvgIpc) is 2.12. The summed E-state index contributed by atoms with van der Waals surface area (Å²) in [6.45, 7) is 6.51. The molecule has 2 N–H and O–H groups in total. The molecule has 0 radical (unpaired) electrons. The van der Waals surface area contributed by atoms with Gasteiger partial charge in [-0.05, 0) is 11.8 Å². The molecule has 5 heteroatoms. The van der Waals surface area contributed by atoms with Gasteiger partial charge in [0.15, 0.2) is 5.41 Å². The zero-order valence-electron chi connectivity index (χ0n) is 10.0. The van der Waals surface area contributed by atoms with Crippen LogP contribution in [0, 0.1) is 10.8 Å². The number of aliphatic carboxylic acids is 1. The van der Waals surface area contributed by atoms with Gasteiger partial charge in [0.25, 0.3) is 0 Å². The van der Waals surface area contributed by atoms with Crippen molar-refractivity contribution in [1.29, 1.82) is 0 Å². The number of carbonyl (C=O) groups excluding carboxylic acids is 1. The molecular formula is C11H19NO4. The van der Waals surface area contributed by atoms with Crippen molar-refractivity contribution in [3.63, 3.8) is 0 Å². The SMILES string of the molecule is CCC(C)(C)CNC(=O)C1(C(=O)O)COC1. The van der Waals surface area contributed by atoms with E-state index in [9.17, 15) is 9.59 Å². The summed E-state index contributed by atoms with van der Waals surface area (Å²) in [7, 11) is 0. The van der Waals surface area contributed by atoms with E-state index in [1.54, 1.807) is 0 Å². The molecule has 1 fully saturated rings. The van der Waals surface area contributed by atoms with Crippen LogP contribution in [0.15, 0.2) is 0 Å². The van der Waals surface area contributed by atoms with Gasteiger partial charge in [0.05, 0.1) is 13.2 Å². The number of hydrogen-bond donors (Lipinski definition) is 2. The molecule has 1 aliphatic rings. The number of carboxylic acids is 1. The molecular weight excluding hydrogens is 210 g/mol. The van der Waals surface area contributed by atoms with Gasteiger partial charge in [-0.3, -0.25) is 9.59 Å². The van der Waals surface area contributed by atoms with Crippen LogP contribution in [0.4, 0.5) is 0 Å². The zero-order valence-corrected chi connectivity index (χ0v) is 10.0. The minimum atomic E-state index is -1.36. The molecule has 0 aliphatic carbocycles. The van der Waals surface area contributed by atoms with Crippen molar-refractivity contribution in [2.24, 2.45) is 10.8 Å². The van der Waals surface area contributed by atoms with E-state index in [1.807, 2.05) is 20.8 Å². The number of amides is 1. The lowest BCUT2D eigenvalue weighted by atomic mass is 9.84. The van der Waals surface area contributed by atoms with Gasteiger partial charge in [-0.25, -0.2) is 0 Å². The second-order valence-electron chi connectivity index (χ2n) is 5.08. The van der Waals surface area contributed by atoms with Gasteiger partial charge in [0.1, 0.15) is 0 Å². The first-order valence-electron chi connectivity index (χ1n) is 5.43. The highest BCUT2D eigenvalue weighted by molar-refractivity contribution is 6.03. The number of hydrogen-bond acceptors (Lipinski definition) is 3. The summed E-state index contributed by atoms with van der Waals surface area (Å²) in [5, 5.41) is 11.7. The van der Waals surface area contributed by atoms with Crippen LogP contribution in [0.2, 0.25) is 0 Å². The molecule has 16 heavy (non-hydrogen) atoms. The zero-order chi connectivity index (χ0) is 12.4. The van der Waals surface area contributed by atoms with E-state index in [0.717, 1.165) is 6.42 Å². The standard InChI is InChI=1S/C11H19NO4/c1-4-10(2,3)5-12-8(13)11(9(14)15)6-16-7-11/h4-7H2,1-3H3,(H,12,13)(H,14,15). The summed E-state index contributed by atoms with van der Waals surface area (Å²) in [5.74, 6) is -1.54. The fraction of sp³-hybridized carbons (Fsp3) is 0.818. The smallest absolute Gasteiger partial charge is 0.324 e. The monoisotopic (exact) mass is 229 g/mol. The normalized spacial score (nSPS) is 18.7. The van der Waals surface area contributed by atoms with Crippen molar-refractivity contribution in [2.45, 2.75) is 27.2 Å². The fourth-order valence-corrected chi connectivity index (χ4v) is 1.27. The first-order chi connectivity index (χ1) is 7.34. The Bertz CT molecular complexity index is 294. The Morgan fingerprint density at radius 3 is 2.31 bits per heavy atom. The number of nitrogens with one attached hydrogen (secondary N) is 1. The molecule has 1 amide bonds. The van der Waals surface area contributed by atoms with Gasteiger partial charge >= 0.3 is 5.97 Å². The van der Waals surface area contributed by atoms with E-state index >= 15 is 0 Å². The van der Waals surface area contributed by atoms with Gasteiger partial charge in [-0.15, -0.1) is 0 Å². The van der Waals surface area contributed by atoms with Crippen LogP contribution in [0.1, 0.15) is 27.2 Å². The minimum absolute atomic E-state index is 0.0139. The molecule has 1 saturated heterocycles. The lowest BCUT2D eigenvalue weighted by molar-refractivity contribution is -0.185. The highest BCUT2D eigenvalue weighted by Crippen LogP contribution is 2.28. The number of ether oxygens (including phenoxy) is 1. The Morgan fingerprint density at radius 1 is 1.44 bits per heavy atom. The third-order valence-corrected chi connectivity index (χ3v) is 3.23. The Morgan fingerprint density at radius 2 is 2.00 bits per heavy atom. The van der Waals surface area contributed by atoms with Gasteiger partial charge in [0.2, 0.25) is 5.91 Å². The van der Waals surface area contributed by atoms with Crippen LogP contribution >= 0.6 is 0 Å². The van der Waals surface area contributed by atoms with Gasteiger partial charge in [-0.2, -0.15) is 0 Å². The van der Waals surface area contributed by atoms with E-state index in [0.29, 0.717) is 6.54 Å². The summed E-state index contributed by atoms with van der Waals surface area (Å²) < 4.78 is 4.84. The maximum atomic E-state index is 11.8. The third kappa shape index (κ3) is 2.35. The topological polar surface area (TPSA) is 75.6 Å². The Balaban J connectivity index is 2.55. The first kappa shape index (κ1) is 13.0. The molecule has 92 valence electrons.